The van der Waals surface area contributed by atoms with E-state index in [0.29, 0.717) is 30.2 Å². The van der Waals surface area contributed by atoms with E-state index in [1.54, 1.807) is 43.3 Å². The van der Waals surface area contributed by atoms with Gasteiger partial charge in [-0.05, 0) is 50.2 Å². The van der Waals surface area contributed by atoms with E-state index in [1.807, 2.05) is 7.05 Å². The molecule has 3 rings (SSSR count). The highest BCUT2D eigenvalue weighted by Crippen LogP contribution is 2.26. The normalized spacial score (nSPS) is 22.1. The lowest BCUT2D eigenvalue weighted by Gasteiger charge is -2.34. The van der Waals surface area contributed by atoms with Crippen molar-refractivity contribution < 1.29 is 23.5 Å². The van der Waals surface area contributed by atoms with E-state index in [4.69, 9.17) is 9.47 Å². The number of amides is 3. The molecular weight excluding hydrogens is 439 g/mol. The number of methoxy groups -OCH3 is 1. The van der Waals surface area contributed by atoms with Gasteiger partial charge < -0.3 is 25.0 Å². The Bertz CT molecular complexity index is 1020. The predicted molar refractivity (Wildman–Crippen MR) is 130 cm³/mol. The third kappa shape index (κ3) is 6.24. The Labute approximate surface area is 200 Å². The maximum Gasteiger partial charge on any atom is 0.323 e. The SMILES string of the molecule is CO[C@H]1CN(C)C(=O)c2cc(NC(=O)Nc3ccccc3F)ccc2OC[C@H](C)N(C)C[C@@H]1C. The fourth-order valence-corrected chi connectivity index (χ4v) is 3.88. The minimum Gasteiger partial charge on any atom is -0.491 e. The van der Waals surface area contributed by atoms with Crippen molar-refractivity contribution in [2.75, 3.05) is 51.5 Å². The van der Waals surface area contributed by atoms with Crippen molar-refractivity contribution in [3.05, 3.63) is 53.8 Å². The molecule has 34 heavy (non-hydrogen) atoms. The largest absolute Gasteiger partial charge is 0.491 e. The molecule has 1 heterocycles. The van der Waals surface area contributed by atoms with Gasteiger partial charge in [0.25, 0.3) is 5.91 Å². The first-order valence-corrected chi connectivity index (χ1v) is 11.3. The number of carbonyl (C=O) groups excluding carboxylic acids is 2. The van der Waals surface area contributed by atoms with Gasteiger partial charge in [-0.3, -0.25) is 9.69 Å². The standard InChI is InChI=1S/C25H33FN4O4/c1-16-13-29(3)17(2)15-34-22-11-10-18(12-19(22)24(31)30(4)14-23(16)33-5)27-25(32)28-21-9-7-6-8-20(21)26/h6-12,16-17,23H,13-15H2,1-5H3,(H2,27,28,32)/t16-,17-,23-/m0/s1. The van der Waals surface area contributed by atoms with Gasteiger partial charge in [-0.25, -0.2) is 9.18 Å². The van der Waals surface area contributed by atoms with Crippen LogP contribution in [0.5, 0.6) is 5.75 Å². The van der Waals surface area contributed by atoms with E-state index in [-0.39, 0.29) is 29.7 Å². The number of anilines is 2. The van der Waals surface area contributed by atoms with Crippen LogP contribution in [0.2, 0.25) is 0 Å². The Hall–Kier alpha value is -3.17. The molecule has 2 N–H and O–H groups in total. The van der Waals surface area contributed by atoms with Gasteiger partial charge in [0.1, 0.15) is 18.2 Å². The summed E-state index contributed by atoms with van der Waals surface area (Å²) in [5.74, 6) is -0.160. The number of nitrogens with zero attached hydrogens (tertiary/aromatic N) is 2. The number of ether oxygens (including phenoxy) is 2. The lowest BCUT2D eigenvalue weighted by atomic mass is 10.0. The van der Waals surface area contributed by atoms with Crippen molar-refractivity contribution in [2.24, 2.45) is 5.92 Å². The number of likely N-dealkylation sites (N-methyl/N-ethyl adjacent to an activating group) is 2. The molecule has 0 bridgehead atoms. The van der Waals surface area contributed by atoms with Gasteiger partial charge >= 0.3 is 6.03 Å². The zero-order valence-electron chi connectivity index (χ0n) is 20.3. The quantitative estimate of drug-likeness (QED) is 0.708. The molecule has 0 saturated carbocycles. The van der Waals surface area contributed by atoms with E-state index in [0.717, 1.165) is 6.54 Å². The Morgan fingerprint density at radius 2 is 1.85 bits per heavy atom. The molecule has 3 atom stereocenters. The van der Waals surface area contributed by atoms with Crippen molar-refractivity contribution in [1.82, 2.24) is 9.80 Å². The molecule has 0 aromatic heterocycles. The van der Waals surface area contributed by atoms with E-state index in [2.05, 4.69) is 29.4 Å². The lowest BCUT2D eigenvalue weighted by Crippen LogP contribution is -2.45. The van der Waals surface area contributed by atoms with Gasteiger partial charge in [-0.1, -0.05) is 19.1 Å². The molecule has 0 spiro atoms. The Kier molecular flexibility index (Phi) is 8.46. The van der Waals surface area contributed by atoms with E-state index >= 15 is 0 Å². The molecule has 0 fully saturated rings. The van der Waals surface area contributed by atoms with Crippen LogP contribution in [0.25, 0.3) is 0 Å². The number of carbonyl (C=O) groups is 2. The lowest BCUT2D eigenvalue weighted by molar-refractivity contribution is 0.0150. The second-order valence-electron chi connectivity index (χ2n) is 8.81. The molecule has 1 aliphatic heterocycles. The summed E-state index contributed by atoms with van der Waals surface area (Å²) in [5.41, 5.74) is 0.763. The molecule has 0 aliphatic carbocycles. The smallest absolute Gasteiger partial charge is 0.323 e. The first kappa shape index (κ1) is 25.5. The van der Waals surface area contributed by atoms with Crippen molar-refractivity contribution in [2.45, 2.75) is 26.0 Å². The Morgan fingerprint density at radius 3 is 2.56 bits per heavy atom. The number of para-hydroxylation sites is 1. The van der Waals surface area contributed by atoms with Crippen LogP contribution in [-0.2, 0) is 4.74 Å². The van der Waals surface area contributed by atoms with Crippen molar-refractivity contribution in [3.8, 4) is 5.75 Å². The molecule has 2 aromatic carbocycles. The summed E-state index contributed by atoms with van der Waals surface area (Å²) in [7, 11) is 5.41. The maximum atomic E-state index is 13.8. The molecule has 184 valence electrons. The van der Waals surface area contributed by atoms with Gasteiger partial charge in [0.05, 0.1) is 17.4 Å². The van der Waals surface area contributed by atoms with E-state index in [1.165, 1.54) is 18.2 Å². The summed E-state index contributed by atoms with van der Waals surface area (Å²) in [6.45, 7) is 5.77. The summed E-state index contributed by atoms with van der Waals surface area (Å²) >= 11 is 0. The van der Waals surface area contributed by atoms with Gasteiger partial charge in [0, 0.05) is 39.0 Å². The topological polar surface area (TPSA) is 83.1 Å². The number of nitrogens with one attached hydrogen (secondary N) is 2. The molecule has 0 radical (unpaired) electrons. The maximum absolute atomic E-state index is 13.8. The van der Waals surface area contributed by atoms with Crippen LogP contribution in [0, 0.1) is 11.7 Å². The van der Waals surface area contributed by atoms with Gasteiger partial charge in [0.15, 0.2) is 0 Å². The molecule has 0 unspecified atom stereocenters. The number of hydrogen-bond acceptors (Lipinski definition) is 5. The number of halogens is 1. The van der Waals surface area contributed by atoms with Crippen LogP contribution in [-0.4, -0.2) is 74.8 Å². The fraction of sp³-hybridized carbons (Fsp3) is 0.440. The van der Waals surface area contributed by atoms with Gasteiger partial charge in [-0.15, -0.1) is 0 Å². The van der Waals surface area contributed by atoms with E-state index in [9.17, 15) is 14.0 Å². The van der Waals surface area contributed by atoms with Crippen LogP contribution in [0.3, 0.4) is 0 Å². The minimum atomic E-state index is -0.622. The zero-order chi connectivity index (χ0) is 24.8. The summed E-state index contributed by atoms with van der Waals surface area (Å²) in [4.78, 5) is 29.6. The summed E-state index contributed by atoms with van der Waals surface area (Å²) in [6, 6.07) is 10.3. The number of fused-ring (bicyclic) bond motifs is 1. The average Bonchev–Trinajstić information content (AvgIpc) is 2.81. The third-order valence-corrected chi connectivity index (χ3v) is 6.14. The van der Waals surface area contributed by atoms with Gasteiger partial charge in [-0.2, -0.15) is 0 Å². The summed E-state index contributed by atoms with van der Waals surface area (Å²) < 4.78 is 25.6. The van der Waals surface area contributed by atoms with Gasteiger partial charge in [0.2, 0.25) is 0 Å². The first-order chi connectivity index (χ1) is 16.2. The molecule has 9 heteroatoms. The third-order valence-electron chi connectivity index (χ3n) is 6.14. The molecular formula is C25H33FN4O4. The van der Waals surface area contributed by atoms with Crippen LogP contribution in [0.15, 0.2) is 42.5 Å². The second-order valence-corrected chi connectivity index (χ2v) is 8.81. The monoisotopic (exact) mass is 472 g/mol. The van der Waals surface area contributed by atoms with Crippen molar-refractivity contribution in [3.63, 3.8) is 0 Å². The number of benzene rings is 2. The van der Waals surface area contributed by atoms with Crippen molar-refractivity contribution in [1.29, 1.82) is 0 Å². The predicted octanol–water partition coefficient (Wildman–Crippen LogP) is 3.91. The summed E-state index contributed by atoms with van der Waals surface area (Å²) in [5, 5.41) is 5.13. The average molecular weight is 473 g/mol. The minimum absolute atomic E-state index is 0.0586. The highest BCUT2D eigenvalue weighted by molar-refractivity contribution is 6.02. The first-order valence-electron chi connectivity index (χ1n) is 11.3. The molecule has 2 aromatic rings. The van der Waals surface area contributed by atoms with Crippen molar-refractivity contribution >= 4 is 23.3 Å². The molecule has 1 aliphatic rings. The van der Waals surface area contributed by atoms with Crippen LogP contribution in [0.4, 0.5) is 20.6 Å². The number of urea groups is 1. The second kappa shape index (κ2) is 11.3. The molecule has 8 nitrogen and oxygen atoms in total. The molecule has 3 amide bonds. The van der Waals surface area contributed by atoms with Crippen LogP contribution >= 0.6 is 0 Å². The Morgan fingerprint density at radius 1 is 1.12 bits per heavy atom. The Balaban J connectivity index is 1.85. The van der Waals surface area contributed by atoms with Crippen LogP contribution < -0.4 is 15.4 Å². The molecule has 0 saturated heterocycles. The summed E-state index contributed by atoms with van der Waals surface area (Å²) in [6.07, 6.45) is -0.139. The van der Waals surface area contributed by atoms with Crippen LogP contribution in [0.1, 0.15) is 24.2 Å². The number of rotatable bonds is 3. The van der Waals surface area contributed by atoms with E-state index < -0.39 is 11.8 Å². The fourth-order valence-electron chi connectivity index (χ4n) is 3.88. The number of hydrogen-bond donors (Lipinski definition) is 2. The highest BCUT2D eigenvalue weighted by Gasteiger charge is 2.27. The highest BCUT2D eigenvalue weighted by atomic mass is 19.1. The zero-order valence-corrected chi connectivity index (χ0v) is 20.3.